The molecular formula is C17H15F3N2O4. The van der Waals surface area contributed by atoms with Crippen molar-refractivity contribution >= 4 is 11.9 Å². The first-order valence-corrected chi connectivity index (χ1v) is 7.39. The number of methoxy groups -OCH3 is 1. The summed E-state index contributed by atoms with van der Waals surface area (Å²) < 4.78 is 45.4. The molecule has 0 fully saturated rings. The van der Waals surface area contributed by atoms with Gasteiger partial charge in [0.25, 0.3) is 5.91 Å². The van der Waals surface area contributed by atoms with Crippen LogP contribution in [0.15, 0.2) is 42.6 Å². The van der Waals surface area contributed by atoms with Crippen LogP contribution >= 0.6 is 0 Å². The van der Waals surface area contributed by atoms with Crippen molar-refractivity contribution in [2.45, 2.75) is 12.7 Å². The maximum Gasteiger partial charge on any atom is 0.422 e. The Labute approximate surface area is 146 Å². The molecule has 0 saturated heterocycles. The number of alkyl halides is 3. The van der Waals surface area contributed by atoms with Crippen LogP contribution in [0.3, 0.4) is 0 Å². The highest BCUT2D eigenvalue weighted by molar-refractivity contribution is 5.94. The Hall–Kier alpha value is -3.10. The van der Waals surface area contributed by atoms with Gasteiger partial charge in [-0.1, -0.05) is 12.1 Å². The molecule has 0 aliphatic rings. The number of esters is 1. The van der Waals surface area contributed by atoms with E-state index in [9.17, 15) is 22.8 Å². The van der Waals surface area contributed by atoms with Gasteiger partial charge in [0.15, 0.2) is 6.61 Å². The highest BCUT2D eigenvalue weighted by Gasteiger charge is 2.28. The molecule has 1 aromatic heterocycles. The molecule has 0 saturated carbocycles. The van der Waals surface area contributed by atoms with Crippen LogP contribution in [0, 0.1) is 0 Å². The number of carbonyl (C=O) groups excluding carboxylic acids is 2. The van der Waals surface area contributed by atoms with Crippen molar-refractivity contribution in [2.24, 2.45) is 0 Å². The van der Waals surface area contributed by atoms with E-state index < -0.39 is 24.7 Å². The summed E-state index contributed by atoms with van der Waals surface area (Å²) >= 11 is 0. The first-order chi connectivity index (χ1) is 12.3. The molecule has 0 aliphatic heterocycles. The van der Waals surface area contributed by atoms with E-state index in [1.54, 1.807) is 12.1 Å². The van der Waals surface area contributed by atoms with E-state index in [4.69, 9.17) is 0 Å². The van der Waals surface area contributed by atoms with Gasteiger partial charge in [-0.15, -0.1) is 0 Å². The van der Waals surface area contributed by atoms with E-state index in [0.29, 0.717) is 5.56 Å². The molecule has 2 rings (SSSR count). The van der Waals surface area contributed by atoms with Gasteiger partial charge in [0.1, 0.15) is 11.4 Å². The standard InChI is InChI=1S/C17H15F3N2O4/c1-25-16(24)12-4-7-14(21-9-12)15(23)22-8-11-2-5-13(6-3-11)26-10-17(18,19)20/h2-7,9H,8,10H2,1H3,(H,22,23). The van der Waals surface area contributed by atoms with Crippen LogP contribution in [0.5, 0.6) is 5.75 Å². The van der Waals surface area contributed by atoms with Gasteiger partial charge in [-0.2, -0.15) is 13.2 Å². The van der Waals surface area contributed by atoms with Crippen LogP contribution in [0.2, 0.25) is 0 Å². The van der Waals surface area contributed by atoms with Crippen LogP contribution < -0.4 is 10.1 Å². The first-order valence-electron chi connectivity index (χ1n) is 7.39. The van der Waals surface area contributed by atoms with Crippen LogP contribution in [-0.2, 0) is 11.3 Å². The largest absolute Gasteiger partial charge is 0.484 e. The topological polar surface area (TPSA) is 77.5 Å². The summed E-state index contributed by atoms with van der Waals surface area (Å²) in [4.78, 5) is 27.2. The molecule has 1 N–H and O–H groups in total. The average molecular weight is 368 g/mol. The smallest absolute Gasteiger partial charge is 0.422 e. The van der Waals surface area contributed by atoms with Crippen molar-refractivity contribution in [1.82, 2.24) is 10.3 Å². The second kappa shape index (κ2) is 8.32. The molecule has 6 nitrogen and oxygen atoms in total. The Balaban J connectivity index is 1.88. The van der Waals surface area contributed by atoms with Crippen LogP contribution in [0.25, 0.3) is 0 Å². The number of benzene rings is 1. The third-order valence-electron chi connectivity index (χ3n) is 3.20. The molecule has 0 spiro atoms. The summed E-state index contributed by atoms with van der Waals surface area (Å²) in [5, 5.41) is 2.62. The van der Waals surface area contributed by atoms with Gasteiger partial charge in [-0.05, 0) is 29.8 Å². The number of rotatable bonds is 6. The van der Waals surface area contributed by atoms with Crippen molar-refractivity contribution in [3.8, 4) is 5.75 Å². The second-order valence-electron chi connectivity index (χ2n) is 5.15. The van der Waals surface area contributed by atoms with E-state index in [1.807, 2.05) is 0 Å². The van der Waals surface area contributed by atoms with Gasteiger partial charge >= 0.3 is 12.1 Å². The van der Waals surface area contributed by atoms with Crippen LogP contribution in [0.4, 0.5) is 13.2 Å². The number of halogens is 3. The molecule has 1 heterocycles. The minimum atomic E-state index is -4.40. The maximum atomic E-state index is 12.1. The molecule has 0 bridgehead atoms. The predicted molar refractivity (Wildman–Crippen MR) is 84.7 cm³/mol. The maximum absolute atomic E-state index is 12.1. The van der Waals surface area contributed by atoms with Gasteiger partial charge < -0.3 is 14.8 Å². The average Bonchev–Trinajstić information content (AvgIpc) is 2.64. The molecule has 0 radical (unpaired) electrons. The predicted octanol–water partition coefficient (Wildman–Crippen LogP) is 2.74. The van der Waals surface area contributed by atoms with Crippen LogP contribution in [0.1, 0.15) is 26.4 Å². The first kappa shape index (κ1) is 19.2. The van der Waals surface area contributed by atoms with E-state index in [-0.39, 0.29) is 23.6 Å². The van der Waals surface area contributed by atoms with Crippen LogP contribution in [-0.4, -0.2) is 36.8 Å². The molecule has 26 heavy (non-hydrogen) atoms. The number of ether oxygens (including phenoxy) is 2. The summed E-state index contributed by atoms with van der Waals surface area (Å²) in [6.07, 6.45) is -3.17. The number of nitrogens with one attached hydrogen (secondary N) is 1. The lowest BCUT2D eigenvalue weighted by Crippen LogP contribution is -2.24. The Morgan fingerprint density at radius 1 is 1.12 bits per heavy atom. The highest BCUT2D eigenvalue weighted by atomic mass is 19.4. The fourth-order valence-electron chi connectivity index (χ4n) is 1.91. The summed E-state index contributed by atoms with van der Waals surface area (Å²) in [7, 11) is 1.24. The zero-order valence-electron chi connectivity index (χ0n) is 13.7. The Morgan fingerprint density at radius 3 is 2.35 bits per heavy atom. The molecule has 2 aromatic rings. The normalized spacial score (nSPS) is 10.9. The number of carbonyl (C=O) groups is 2. The van der Waals surface area contributed by atoms with Gasteiger partial charge in [-0.25, -0.2) is 4.79 Å². The van der Waals surface area contributed by atoms with Crippen molar-refractivity contribution in [3.63, 3.8) is 0 Å². The molecule has 138 valence electrons. The summed E-state index contributed by atoms with van der Waals surface area (Å²) in [5.41, 5.74) is 1.00. The Bertz CT molecular complexity index is 759. The third-order valence-corrected chi connectivity index (χ3v) is 3.20. The number of hydrogen-bond donors (Lipinski definition) is 1. The number of hydrogen-bond acceptors (Lipinski definition) is 5. The second-order valence-corrected chi connectivity index (χ2v) is 5.15. The molecular weight excluding hydrogens is 353 g/mol. The zero-order chi connectivity index (χ0) is 19.2. The molecule has 0 aliphatic carbocycles. The Kier molecular flexibility index (Phi) is 6.16. The van der Waals surface area contributed by atoms with Gasteiger partial charge in [-0.3, -0.25) is 9.78 Å². The minimum absolute atomic E-state index is 0.0810. The van der Waals surface area contributed by atoms with E-state index in [2.05, 4.69) is 19.8 Å². The number of pyridine rings is 1. The minimum Gasteiger partial charge on any atom is -0.484 e. The number of amides is 1. The lowest BCUT2D eigenvalue weighted by atomic mass is 10.2. The lowest BCUT2D eigenvalue weighted by molar-refractivity contribution is -0.153. The van der Waals surface area contributed by atoms with E-state index in [1.165, 1.54) is 37.6 Å². The van der Waals surface area contributed by atoms with Crippen molar-refractivity contribution in [3.05, 3.63) is 59.4 Å². The van der Waals surface area contributed by atoms with Gasteiger partial charge in [0, 0.05) is 12.7 Å². The quantitative estimate of drug-likeness (QED) is 0.794. The summed E-state index contributed by atoms with van der Waals surface area (Å²) in [6, 6.07) is 8.66. The summed E-state index contributed by atoms with van der Waals surface area (Å²) in [5.74, 6) is -0.937. The summed E-state index contributed by atoms with van der Waals surface area (Å²) in [6.45, 7) is -1.21. The molecule has 0 atom stereocenters. The lowest BCUT2D eigenvalue weighted by Gasteiger charge is -2.10. The zero-order valence-corrected chi connectivity index (χ0v) is 13.7. The van der Waals surface area contributed by atoms with E-state index in [0.717, 1.165) is 0 Å². The molecule has 9 heteroatoms. The van der Waals surface area contributed by atoms with Gasteiger partial charge in [0.05, 0.1) is 12.7 Å². The number of aromatic nitrogens is 1. The molecule has 0 unspecified atom stereocenters. The number of nitrogens with zero attached hydrogens (tertiary/aromatic N) is 1. The third kappa shape index (κ3) is 5.76. The molecule has 1 amide bonds. The van der Waals surface area contributed by atoms with Crippen molar-refractivity contribution in [1.29, 1.82) is 0 Å². The monoisotopic (exact) mass is 368 g/mol. The van der Waals surface area contributed by atoms with E-state index >= 15 is 0 Å². The Morgan fingerprint density at radius 2 is 1.81 bits per heavy atom. The van der Waals surface area contributed by atoms with Crippen molar-refractivity contribution < 1.29 is 32.2 Å². The highest BCUT2D eigenvalue weighted by Crippen LogP contribution is 2.18. The fourth-order valence-corrected chi connectivity index (χ4v) is 1.91. The van der Waals surface area contributed by atoms with Gasteiger partial charge in [0.2, 0.25) is 0 Å². The molecule has 1 aromatic carbocycles. The fraction of sp³-hybridized carbons (Fsp3) is 0.235. The SMILES string of the molecule is COC(=O)c1ccc(C(=O)NCc2ccc(OCC(F)(F)F)cc2)nc1. The van der Waals surface area contributed by atoms with Crippen molar-refractivity contribution in [2.75, 3.05) is 13.7 Å².